The van der Waals surface area contributed by atoms with E-state index in [2.05, 4.69) is 4.98 Å². The highest BCUT2D eigenvalue weighted by molar-refractivity contribution is 6.36. The highest BCUT2D eigenvalue weighted by Gasteiger charge is 2.24. The molecule has 3 aromatic rings. The van der Waals surface area contributed by atoms with Gasteiger partial charge >= 0.3 is 0 Å². The fraction of sp³-hybridized carbons (Fsp3) is 0.158. The van der Waals surface area contributed by atoms with Crippen LogP contribution >= 0.6 is 23.2 Å². The van der Waals surface area contributed by atoms with E-state index in [1.165, 1.54) is 0 Å². The summed E-state index contributed by atoms with van der Waals surface area (Å²) >= 11 is 12.7. The topological polar surface area (TPSA) is 50.4 Å². The Morgan fingerprint density at radius 2 is 1.92 bits per heavy atom. The summed E-state index contributed by atoms with van der Waals surface area (Å²) in [5, 5.41) is 11.3. The number of aliphatic hydroxyl groups excluding tert-OH is 1. The van der Waals surface area contributed by atoms with Gasteiger partial charge in [0.15, 0.2) is 0 Å². The molecule has 0 saturated carbocycles. The first kappa shape index (κ1) is 16.3. The Labute approximate surface area is 155 Å². The predicted octanol–water partition coefficient (Wildman–Crippen LogP) is 4.58. The largest absolute Gasteiger partial charge is 0.387 e. The Balaban J connectivity index is 2.00. The van der Waals surface area contributed by atoms with Crippen molar-refractivity contribution in [3.8, 4) is 5.69 Å². The van der Waals surface area contributed by atoms with E-state index < -0.39 is 6.10 Å². The SMILES string of the molecule is CC(O)c1ncn2c1CN=C(c1ccccc1Cl)c1cc(Cl)ccc1-2. The number of rotatable bonds is 2. The lowest BCUT2D eigenvalue weighted by Gasteiger charge is -2.13. The summed E-state index contributed by atoms with van der Waals surface area (Å²) in [5.41, 5.74) is 4.92. The molecule has 0 fully saturated rings. The molecule has 2 heterocycles. The smallest absolute Gasteiger partial charge is 0.0999 e. The van der Waals surface area contributed by atoms with Crippen molar-refractivity contribution >= 4 is 28.9 Å². The molecule has 0 saturated heterocycles. The van der Waals surface area contributed by atoms with Crippen molar-refractivity contribution in [2.24, 2.45) is 4.99 Å². The molecule has 1 aliphatic heterocycles. The monoisotopic (exact) mass is 371 g/mol. The van der Waals surface area contributed by atoms with E-state index in [0.29, 0.717) is 22.3 Å². The molecule has 0 bridgehead atoms. The number of nitrogens with zero attached hydrogens (tertiary/aromatic N) is 3. The molecule has 0 amide bonds. The van der Waals surface area contributed by atoms with E-state index in [4.69, 9.17) is 28.2 Å². The third-order valence-electron chi connectivity index (χ3n) is 4.28. The quantitative estimate of drug-likeness (QED) is 0.716. The summed E-state index contributed by atoms with van der Waals surface area (Å²) in [4.78, 5) is 9.16. The molecule has 1 unspecified atom stereocenters. The first-order valence-corrected chi connectivity index (χ1v) is 8.65. The van der Waals surface area contributed by atoms with Crippen molar-refractivity contribution in [2.75, 3.05) is 0 Å². The lowest BCUT2D eigenvalue weighted by molar-refractivity contribution is 0.193. The van der Waals surface area contributed by atoms with E-state index in [1.807, 2.05) is 47.0 Å². The third kappa shape index (κ3) is 2.76. The van der Waals surface area contributed by atoms with Crippen LogP contribution < -0.4 is 0 Å². The minimum atomic E-state index is -0.663. The molecule has 6 heteroatoms. The molecule has 2 aromatic carbocycles. The van der Waals surface area contributed by atoms with Crippen LogP contribution in [0.1, 0.15) is 35.5 Å². The van der Waals surface area contributed by atoms with Gasteiger partial charge in [0, 0.05) is 21.2 Å². The van der Waals surface area contributed by atoms with Crippen molar-refractivity contribution in [1.29, 1.82) is 0 Å². The van der Waals surface area contributed by atoms with Gasteiger partial charge < -0.3 is 9.67 Å². The van der Waals surface area contributed by atoms with Gasteiger partial charge in [-0.3, -0.25) is 4.99 Å². The fourth-order valence-electron chi connectivity index (χ4n) is 3.13. The van der Waals surface area contributed by atoms with Crippen LogP contribution in [0.15, 0.2) is 53.8 Å². The summed E-state index contributed by atoms with van der Waals surface area (Å²) in [7, 11) is 0. The number of hydrogen-bond donors (Lipinski definition) is 1. The highest BCUT2D eigenvalue weighted by atomic mass is 35.5. The minimum absolute atomic E-state index is 0.396. The van der Waals surface area contributed by atoms with Crippen LogP contribution in [0.4, 0.5) is 0 Å². The van der Waals surface area contributed by atoms with Gasteiger partial charge in [0.1, 0.15) is 0 Å². The standard InChI is InChI=1S/C19H15Cl2N3O/c1-11(25)18-17-9-22-19(13-4-2-3-5-15(13)21)14-8-12(20)6-7-16(14)24(17)10-23-18/h2-8,10-11,25H,9H2,1H3. The number of aliphatic imine (C=N–C) groups is 1. The van der Waals surface area contributed by atoms with Gasteiger partial charge in [-0.1, -0.05) is 41.4 Å². The van der Waals surface area contributed by atoms with Crippen molar-refractivity contribution in [1.82, 2.24) is 9.55 Å². The van der Waals surface area contributed by atoms with Gasteiger partial charge in [-0.05, 0) is 31.2 Å². The molecular weight excluding hydrogens is 357 g/mol. The lowest BCUT2D eigenvalue weighted by Crippen LogP contribution is -2.07. The van der Waals surface area contributed by atoms with Crippen molar-refractivity contribution in [3.63, 3.8) is 0 Å². The second-order valence-electron chi connectivity index (χ2n) is 5.93. The molecule has 126 valence electrons. The first-order chi connectivity index (χ1) is 12.1. The Morgan fingerprint density at radius 3 is 2.68 bits per heavy atom. The normalized spacial score (nSPS) is 14.3. The van der Waals surface area contributed by atoms with Crippen LogP contribution in [-0.4, -0.2) is 20.4 Å². The van der Waals surface area contributed by atoms with Gasteiger partial charge in [-0.2, -0.15) is 0 Å². The second-order valence-corrected chi connectivity index (χ2v) is 6.77. The molecule has 25 heavy (non-hydrogen) atoms. The second kappa shape index (κ2) is 6.30. The van der Waals surface area contributed by atoms with Gasteiger partial charge in [-0.25, -0.2) is 4.98 Å². The molecule has 1 atom stereocenters. The summed E-state index contributed by atoms with van der Waals surface area (Å²) < 4.78 is 1.96. The number of aliphatic hydroxyl groups is 1. The number of halogens is 2. The Morgan fingerprint density at radius 1 is 1.12 bits per heavy atom. The Bertz CT molecular complexity index is 992. The summed E-state index contributed by atoms with van der Waals surface area (Å²) in [6.45, 7) is 2.10. The van der Waals surface area contributed by atoms with E-state index >= 15 is 0 Å². The first-order valence-electron chi connectivity index (χ1n) is 7.90. The maximum Gasteiger partial charge on any atom is 0.0999 e. The van der Waals surface area contributed by atoms with Crippen LogP contribution in [0.5, 0.6) is 0 Å². The lowest BCUT2D eigenvalue weighted by atomic mass is 10.0. The summed E-state index contributed by atoms with van der Waals surface area (Å²) in [5.74, 6) is 0. The van der Waals surface area contributed by atoms with Crippen molar-refractivity contribution in [2.45, 2.75) is 19.6 Å². The van der Waals surface area contributed by atoms with Crippen LogP contribution in [0, 0.1) is 0 Å². The van der Waals surface area contributed by atoms with E-state index in [0.717, 1.165) is 28.2 Å². The van der Waals surface area contributed by atoms with Crippen molar-refractivity contribution in [3.05, 3.63) is 81.4 Å². The van der Waals surface area contributed by atoms with Gasteiger partial charge in [0.25, 0.3) is 0 Å². The van der Waals surface area contributed by atoms with Gasteiger partial charge in [0.05, 0.1) is 41.8 Å². The number of imidazole rings is 1. The third-order valence-corrected chi connectivity index (χ3v) is 4.85. The van der Waals surface area contributed by atoms with E-state index in [9.17, 15) is 5.11 Å². The molecule has 0 aliphatic carbocycles. The zero-order chi connectivity index (χ0) is 17.6. The average molecular weight is 372 g/mol. The predicted molar refractivity (Wildman–Crippen MR) is 100 cm³/mol. The maximum atomic E-state index is 10.0. The van der Waals surface area contributed by atoms with E-state index in [1.54, 1.807) is 13.3 Å². The highest BCUT2D eigenvalue weighted by Crippen LogP contribution is 2.31. The molecule has 4 nitrogen and oxygen atoms in total. The molecular formula is C19H15Cl2N3O. The zero-order valence-electron chi connectivity index (χ0n) is 13.4. The minimum Gasteiger partial charge on any atom is -0.387 e. The van der Waals surface area contributed by atoms with Gasteiger partial charge in [0.2, 0.25) is 0 Å². The molecule has 1 aliphatic rings. The van der Waals surface area contributed by atoms with Crippen LogP contribution in [-0.2, 0) is 6.54 Å². The van der Waals surface area contributed by atoms with Crippen LogP contribution in [0.3, 0.4) is 0 Å². The number of aromatic nitrogens is 2. The fourth-order valence-corrected chi connectivity index (χ4v) is 3.53. The summed E-state index contributed by atoms with van der Waals surface area (Å²) in [6, 6.07) is 13.3. The van der Waals surface area contributed by atoms with E-state index in [-0.39, 0.29) is 0 Å². The van der Waals surface area contributed by atoms with Gasteiger partial charge in [-0.15, -0.1) is 0 Å². The number of benzene rings is 2. The zero-order valence-corrected chi connectivity index (χ0v) is 15.0. The Hall–Kier alpha value is -2.14. The molecule has 0 spiro atoms. The molecule has 1 aromatic heterocycles. The Kier molecular flexibility index (Phi) is 4.12. The maximum absolute atomic E-state index is 10.0. The number of fused-ring (bicyclic) bond motifs is 3. The van der Waals surface area contributed by atoms with Crippen LogP contribution in [0.2, 0.25) is 10.0 Å². The van der Waals surface area contributed by atoms with Crippen molar-refractivity contribution < 1.29 is 5.11 Å². The molecule has 0 radical (unpaired) electrons. The molecule has 1 N–H and O–H groups in total. The summed E-state index contributed by atoms with van der Waals surface area (Å²) in [6.07, 6.45) is 1.05. The average Bonchev–Trinajstić information content (AvgIpc) is 2.94. The molecule has 4 rings (SSSR count). The number of hydrogen-bond acceptors (Lipinski definition) is 3. The van der Waals surface area contributed by atoms with Crippen LogP contribution in [0.25, 0.3) is 5.69 Å².